The molecule has 2 aromatic heterocycles. The smallest absolute Gasteiger partial charge is 0.204 e. The van der Waals surface area contributed by atoms with E-state index in [1.807, 2.05) is 6.92 Å². The third kappa shape index (κ3) is 2.27. The van der Waals surface area contributed by atoms with Gasteiger partial charge in [0.1, 0.15) is 5.82 Å². The van der Waals surface area contributed by atoms with Crippen molar-refractivity contribution in [2.75, 3.05) is 0 Å². The average molecular weight is 271 g/mol. The molecule has 0 spiro atoms. The maximum Gasteiger partial charge on any atom is 0.204 e. The fraction of sp³-hybridized carbons (Fsp3) is 0.0667. The van der Waals surface area contributed by atoms with E-state index < -0.39 is 0 Å². The Morgan fingerprint density at radius 3 is 2.79 bits per heavy atom. The van der Waals surface area contributed by atoms with Gasteiger partial charge >= 0.3 is 0 Å². The minimum Gasteiger partial charge on any atom is -0.288 e. The van der Waals surface area contributed by atoms with Crippen molar-refractivity contribution in [3.05, 3.63) is 64.5 Å². The summed E-state index contributed by atoms with van der Waals surface area (Å²) in [7, 11) is 0. The molecule has 0 unspecified atom stereocenters. The molecule has 0 amide bonds. The summed E-state index contributed by atoms with van der Waals surface area (Å²) < 4.78 is 14.0. The topological polar surface area (TPSA) is 30.0 Å². The summed E-state index contributed by atoms with van der Waals surface area (Å²) >= 11 is 1.37. The zero-order valence-electron chi connectivity index (χ0n) is 10.2. The maximum absolute atomic E-state index is 13.1. The Hall–Kier alpha value is -2.07. The van der Waals surface area contributed by atoms with Crippen molar-refractivity contribution >= 4 is 27.2 Å². The van der Waals surface area contributed by atoms with Crippen LogP contribution in [0.2, 0.25) is 0 Å². The Morgan fingerprint density at radius 1 is 1.21 bits per heavy atom. The van der Waals surface area contributed by atoms with Crippen molar-refractivity contribution in [1.82, 2.24) is 4.98 Å². The SMILES string of the molecule is Cc1ccc(C(=O)c2cc3cc(F)ccc3s2)cn1. The Morgan fingerprint density at radius 2 is 2.05 bits per heavy atom. The number of fused-ring (bicyclic) bond motifs is 1. The van der Waals surface area contributed by atoms with E-state index in [-0.39, 0.29) is 11.6 Å². The molecule has 3 aromatic rings. The standard InChI is InChI=1S/C15H10FNOS/c1-9-2-3-10(8-17-9)15(18)14-7-11-6-12(16)4-5-13(11)19-14/h2-8H,1H3. The average Bonchev–Trinajstić information content (AvgIpc) is 2.81. The maximum atomic E-state index is 13.1. The third-order valence-electron chi connectivity index (χ3n) is 2.88. The van der Waals surface area contributed by atoms with Gasteiger partial charge in [0.15, 0.2) is 0 Å². The van der Waals surface area contributed by atoms with Gasteiger partial charge in [-0.1, -0.05) is 0 Å². The first kappa shape index (κ1) is 12.0. The van der Waals surface area contributed by atoms with E-state index in [1.165, 1.54) is 23.5 Å². The summed E-state index contributed by atoms with van der Waals surface area (Å²) in [5, 5.41) is 0.758. The molecule has 1 aromatic carbocycles. The zero-order chi connectivity index (χ0) is 13.4. The molecule has 0 bridgehead atoms. The van der Waals surface area contributed by atoms with E-state index in [2.05, 4.69) is 4.98 Å². The lowest BCUT2D eigenvalue weighted by molar-refractivity contribution is 0.104. The van der Waals surface area contributed by atoms with Crippen LogP contribution in [0.5, 0.6) is 0 Å². The molecule has 0 saturated heterocycles. The van der Waals surface area contributed by atoms with Gasteiger partial charge in [-0.3, -0.25) is 9.78 Å². The molecule has 0 N–H and O–H groups in total. The van der Waals surface area contributed by atoms with Crippen LogP contribution in [-0.2, 0) is 0 Å². The summed E-state index contributed by atoms with van der Waals surface area (Å²) in [5.41, 5.74) is 1.42. The number of ketones is 1. The second-order valence-corrected chi connectivity index (χ2v) is 5.39. The first-order valence-electron chi connectivity index (χ1n) is 5.80. The van der Waals surface area contributed by atoms with Gasteiger partial charge in [0.05, 0.1) is 4.88 Å². The second kappa shape index (κ2) is 4.55. The minimum atomic E-state index is -0.290. The molecule has 0 aliphatic rings. The van der Waals surface area contributed by atoms with Crippen LogP contribution in [0.3, 0.4) is 0 Å². The van der Waals surface area contributed by atoms with Gasteiger partial charge in [-0.25, -0.2) is 4.39 Å². The Balaban J connectivity index is 2.04. The van der Waals surface area contributed by atoms with E-state index in [0.29, 0.717) is 10.4 Å². The summed E-state index contributed by atoms with van der Waals surface area (Å²) in [6, 6.07) is 9.83. The fourth-order valence-corrected chi connectivity index (χ4v) is 2.88. The summed E-state index contributed by atoms with van der Waals surface area (Å²) in [6.07, 6.45) is 1.57. The molecule has 2 heterocycles. The van der Waals surface area contributed by atoms with E-state index in [4.69, 9.17) is 0 Å². The number of hydrogen-bond donors (Lipinski definition) is 0. The first-order chi connectivity index (χ1) is 9.13. The second-order valence-electron chi connectivity index (χ2n) is 4.31. The Labute approximate surface area is 113 Å². The van der Waals surface area contributed by atoms with Crippen molar-refractivity contribution in [1.29, 1.82) is 0 Å². The first-order valence-corrected chi connectivity index (χ1v) is 6.61. The predicted molar refractivity (Wildman–Crippen MR) is 74.2 cm³/mol. The van der Waals surface area contributed by atoms with Gasteiger partial charge in [-0.2, -0.15) is 0 Å². The number of benzene rings is 1. The highest BCUT2D eigenvalue weighted by atomic mass is 32.1. The molecule has 0 aliphatic carbocycles. The highest BCUT2D eigenvalue weighted by Gasteiger charge is 2.13. The van der Waals surface area contributed by atoms with Crippen molar-refractivity contribution in [3.63, 3.8) is 0 Å². The lowest BCUT2D eigenvalue weighted by atomic mass is 10.1. The van der Waals surface area contributed by atoms with E-state index >= 15 is 0 Å². The highest BCUT2D eigenvalue weighted by Crippen LogP contribution is 2.27. The summed E-state index contributed by atoms with van der Waals surface area (Å²) in [5.74, 6) is -0.365. The molecular weight excluding hydrogens is 261 g/mol. The van der Waals surface area contributed by atoms with Gasteiger partial charge in [0.25, 0.3) is 0 Å². The quantitative estimate of drug-likeness (QED) is 0.660. The zero-order valence-corrected chi connectivity index (χ0v) is 11.0. The molecule has 2 nitrogen and oxygen atoms in total. The highest BCUT2D eigenvalue weighted by molar-refractivity contribution is 7.21. The van der Waals surface area contributed by atoms with Crippen molar-refractivity contribution in [3.8, 4) is 0 Å². The van der Waals surface area contributed by atoms with E-state index in [1.54, 1.807) is 30.5 Å². The molecular formula is C15H10FNOS. The van der Waals surface area contributed by atoms with Crippen LogP contribution in [0, 0.1) is 12.7 Å². The molecule has 3 rings (SSSR count). The number of hydrogen-bond acceptors (Lipinski definition) is 3. The Kier molecular flexibility index (Phi) is 2.87. The van der Waals surface area contributed by atoms with E-state index in [0.717, 1.165) is 15.8 Å². The normalized spacial score (nSPS) is 10.8. The predicted octanol–water partition coefficient (Wildman–Crippen LogP) is 3.97. The van der Waals surface area contributed by atoms with E-state index in [9.17, 15) is 9.18 Å². The third-order valence-corrected chi connectivity index (χ3v) is 3.99. The summed E-state index contributed by atoms with van der Waals surface area (Å²) in [4.78, 5) is 17.0. The minimum absolute atomic E-state index is 0.0749. The van der Waals surface area contributed by atoms with Crippen molar-refractivity contribution < 1.29 is 9.18 Å². The van der Waals surface area contributed by atoms with Crippen LogP contribution in [0.4, 0.5) is 4.39 Å². The number of pyridine rings is 1. The van der Waals surface area contributed by atoms with Crippen LogP contribution >= 0.6 is 11.3 Å². The lowest BCUT2D eigenvalue weighted by Gasteiger charge is -1.97. The number of carbonyl (C=O) groups is 1. The number of aryl methyl sites for hydroxylation is 1. The van der Waals surface area contributed by atoms with Crippen molar-refractivity contribution in [2.24, 2.45) is 0 Å². The molecule has 0 radical (unpaired) electrons. The molecule has 0 atom stereocenters. The van der Waals surface area contributed by atoms with Gasteiger partial charge in [0.2, 0.25) is 5.78 Å². The Bertz CT molecular complexity index is 761. The number of nitrogens with zero attached hydrogens (tertiary/aromatic N) is 1. The molecule has 0 fully saturated rings. The number of aromatic nitrogens is 1. The number of rotatable bonds is 2. The molecule has 0 saturated carbocycles. The van der Waals surface area contributed by atoms with Crippen LogP contribution in [0.1, 0.15) is 20.9 Å². The largest absolute Gasteiger partial charge is 0.288 e. The van der Waals surface area contributed by atoms with Crippen LogP contribution in [-0.4, -0.2) is 10.8 Å². The van der Waals surface area contributed by atoms with Gasteiger partial charge in [0, 0.05) is 22.2 Å². The van der Waals surface area contributed by atoms with Crippen LogP contribution < -0.4 is 0 Å². The molecule has 4 heteroatoms. The van der Waals surface area contributed by atoms with Gasteiger partial charge in [-0.05, 0) is 48.7 Å². The van der Waals surface area contributed by atoms with Crippen LogP contribution in [0.25, 0.3) is 10.1 Å². The molecule has 0 aliphatic heterocycles. The van der Waals surface area contributed by atoms with Crippen molar-refractivity contribution in [2.45, 2.75) is 6.92 Å². The molecule has 94 valence electrons. The lowest BCUT2D eigenvalue weighted by Crippen LogP contribution is -1.99. The fourth-order valence-electron chi connectivity index (χ4n) is 1.87. The number of halogens is 1. The molecule has 19 heavy (non-hydrogen) atoms. The summed E-state index contributed by atoms with van der Waals surface area (Å²) in [6.45, 7) is 1.87. The van der Waals surface area contributed by atoms with Gasteiger partial charge in [-0.15, -0.1) is 11.3 Å². The van der Waals surface area contributed by atoms with Crippen LogP contribution in [0.15, 0.2) is 42.6 Å². The number of carbonyl (C=O) groups excluding carboxylic acids is 1. The number of thiophene rings is 1. The van der Waals surface area contributed by atoms with Gasteiger partial charge < -0.3 is 0 Å². The monoisotopic (exact) mass is 271 g/mol.